The molecule has 1 aliphatic carbocycles. The Bertz CT molecular complexity index is 232. The molecule has 0 aromatic rings. The Morgan fingerprint density at radius 1 is 1.13 bits per heavy atom. The number of hydrogen-bond acceptors (Lipinski definition) is 2. The van der Waals surface area contributed by atoms with Crippen molar-refractivity contribution in [2.45, 2.75) is 44.9 Å². The Morgan fingerprint density at radius 2 is 1.73 bits per heavy atom. The molecule has 1 saturated heterocycles. The third kappa shape index (κ3) is 2.17. The van der Waals surface area contributed by atoms with Crippen LogP contribution >= 0.6 is 0 Å². The molecule has 3 nitrogen and oxygen atoms in total. The molecule has 15 heavy (non-hydrogen) atoms. The van der Waals surface area contributed by atoms with Crippen molar-refractivity contribution in [1.82, 2.24) is 5.32 Å². The number of carbonyl (C=O) groups excluding carboxylic acids is 1. The van der Waals surface area contributed by atoms with Gasteiger partial charge in [-0.1, -0.05) is 32.1 Å². The third-order valence-electron chi connectivity index (χ3n) is 4.26. The molecule has 1 unspecified atom stereocenters. The predicted molar refractivity (Wildman–Crippen MR) is 60.3 cm³/mol. The summed E-state index contributed by atoms with van der Waals surface area (Å²) in [5.74, 6) is -0.0174. The molecule has 3 N–H and O–H groups in total. The van der Waals surface area contributed by atoms with Gasteiger partial charge in [0.05, 0.1) is 5.92 Å². The molecule has 2 aliphatic rings. The average Bonchev–Trinajstić information content (AvgIpc) is 2.56. The molecule has 0 aromatic heterocycles. The monoisotopic (exact) mass is 210 g/mol. The number of primary amides is 1. The zero-order chi connectivity index (χ0) is 10.7. The number of rotatable bonds is 1. The van der Waals surface area contributed by atoms with Crippen molar-refractivity contribution in [2.75, 3.05) is 13.1 Å². The van der Waals surface area contributed by atoms with Gasteiger partial charge < -0.3 is 11.1 Å². The van der Waals surface area contributed by atoms with Crippen LogP contribution in [0.2, 0.25) is 0 Å². The van der Waals surface area contributed by atoms with Crippen molar-refractivity contribution in [1.29, 1.82) is 0 Å². The Balaban J connectivity index is 2.09. The second-order valence-electron chi connectivity index (χ2n) is 5.22. The van der Waals surface area contributed by atoms with Gasteiger partial charge >= 0.3 is 0 Å². The Labute approximate surface area is 91.8 Å². The van der Waals surface area contributed by atoms with E-state index in [1.165, 1.54) is 44.9 Å². The second kappa shape index (κ2) is 4.52. The van der Waals surface area contributed by atoms with Crippen LogP contribution < -0.4 is 11.1 Å². The largest absolute Gasteiger partial charge is 0.369 e. The van der Waals surface area contributed by atoms with Crippen LogP contribution in [-0.2, 0) is 4.79 Å². The Hall–Kier alpha value is -0.570. The first-order valence-corrected chi connectivity index (χ1v) is 6.25. The van der Waals surface area contributed by atoms with Gasteiger partial charge in [-0.15, -0.1) is 0 Å². The summed E-state index contributed by atoms with van der Waals surface area (Å²) < 4.78 is 0. The molecule has 1 saturated carbocycles. The van der Waals surface area contributed by atoms with Crippen LogP contribution in [0.5, 0.6) is 0 Å². The smallest absolute Gasteiger partial charge is 0.222 e. The topological polar surface area (TPSA) is 55.1 Å². The summed E-state index contributed by atoms with van der Waals surface area (Å²) in [4.78, 5) is 11.5. The predicted octanol–water partition coefficient (Wildman–Crippen LogP) is 1.42. The van der Waals surface area contributed by atoms with E-state index in [1.54, 1.807) is 0 Å². The highest BCUT2D eigenvalue weighted by molar-refractivity contribution is 5.78. The van der Waals surface area contributed by atoms with Gasteiger partial charge in [0.2, 0.25) is 5.91 Å². The molecule has 2 fully saturated rings. The van der Waals surface area contributed by atoms with E-state index >= 15 is 0 Å². The molecule has 86 valence electrons. The van der Waals surface area contributed by atoms with E-state index in [9.17, 15) is 4.79 Å². The van der Waals surface area contributed by atoms with Crippen LogP contribution in [0.4, 0.5) is 0 Å². The number of nitrogens with two attached hydrogens (primary N) is 1. The molecule has 1 amide bonds. The summed E-state index contributed by atoms with van der Waals surface area (Å²) in [6, 6.07) is 0. The zero-order valence-electron chi connectivity index (χ0n) is 9.43. The van der Waals surface area contributed by atoms with Crippen molar-refractivity contribution >= 4 is 5.91 Å². The first-order valence-electron chi connectivity index (χ1n) is 6.25. The molecule has 1 spiro atoms. The average molecular weight is 210 g/mol. The minimum Gasteiger partial charge on any atom is -0.369 e. The lowest BCUT2D eigenvalue weighted by molar-refractivity contribution is -0.124. The fourth-order valence-corrected chi connectivity index (χ4v) is 3.34. The minimum absolute atomic E-state index is 0.0793. The highest BCUT2D eigenvalue weighted by atomic mass is 16.1. The SMILES string of the molecule is NC(=O)C1CNCC12CCCCCCC2. The van der Waals surface area contributed by atoms with Gasteiger partial charge in [-0.05, 0) is 18.3 Å². The van der Waals surface area contributed by atoms with Crippen molar-refractivity contribution in [3.63, 3.8) is 0 Å². The molecular weight excluding hydrogens is 188 g/mol. The van der Waals surface area contributed by atoms with E-state index in [2.05, 4.69) is 5.32 Å². The second-order valence-corrected chi connectivity index (χ2v) is 5.22. The third-order valence-corrected chi connectivity index (χ3v) is 4.26. The summed E-state index contributed by atoms with van der Waals surface area (Å²) >= 11 is 0. The molecule has 2 rings (SSSR count). The van der Waals surface area contributed by atoms with Crippen LogP contribution in [0.15, 0.2) is 0 Å². The molecule has 1 aliphatic heterocycles. The highest BCUT2D eigenvalue weighted by Crippen LogP contribution is 2.42. The molecule has 1 heterocycles. The van der Waals surface area contributed by atoms with Crippen LogP contribution in [0.25, 0.3) is 0 Å². The first kappa shape index (κ1) is 10.9. The summed E-state index contributed by atoms with van der Waals surface area (Å²) in [6.45, 7) is 1.80. The molecular formula is C12H22N2O. The Kier molecular flexibility index (Phi) is 3.29. The number of hydrogen-bond donors (Lipinski definition) is 2. The van der Waals surface area contributed by atoms with Crippen molar-refractivity contribution in [2.24, 2.45) is 17.1 Å². The standard InChI is InChI=1S/C12H22N2O/c13-11(15)10-8-14-9-12(10)6-4-2-1-3-5-7-12/h10,14H,1-9H2,(H2,13,15). The fraction of sp³-hybridized carbons (Fsp3) is 0.917. The quantitative estimate of drug-likeness (QED) is 0.687. The van der Waals surface area contributed by atoms with Crippen molar-refractivity contribution in [3.8, 4) is 0 Å². The maximum absolute atomic E-state index is 11.5. The lowest BCUT2D eigenvalue weighted by Gasteiger charge is -2.34. The van der Waals surface area contributed by atoms with E-state index in [1.807, 2.05) is 0 Å². The Morgan fingerprint density at radius 3 is 2.33 bits per heavy atom. The summed E-state index contributed by atoms with van der Waals surface area (Å²) in [5.41, 5.74) is 5.72. The van der Waals surface area contributed by atoms with Gasteiger partial charge in [0, 0.05) is 13.1 Å². The highest BCUT2D eigenvalue weighted by Gasteiger charge is 2.44. The zero-order valence-corrected chi connectivity index (χ0v) is 9.43. The van der Waals surface area contributed by atoms with Gasteiger partial charge in [0.1, 0.15) is 0 Å². The molecule has 1 atom stereocenters. The fourth-order valence-electron chi connectivity index (χ4n) is 3.34. The normalized spacial score (nSPS) is 31.1. The van der Waals surface area contributed by atoms with Gasteiger partial charge in [-0.2, -0.15) is 0 Å². The lowest BCUT2D eigenvalue weighted by Crippen LogP contribution is -2.39. The van der Waals surface area contributed by atoms with Crippen molar-refractivity contribution in [3.05, 3.63) is 0 Å². The van der Waals surface area contributed by atoms with E-state index in [0.29, 0.717) is 0 Å². The molecule has 0 bridgehead atoms. The summed E-state index contributed by atoms with van der Waals surface area (Å²) in [6.07, 6.45) is 8.93. The van der Waals surface area contributed by atoms with Crippen LogP contribution in [0, 0.1) is 11.3 Å². The lowest BCUT2D eigenvalue weighted by atomic mass is 9.69. The molecule has 0 aromatic carbocycles. The number of amides is 1. The van der Waals surface area contributed by atoms with Gasteiger partial charge in [-0.25, -0.2) is 0 Å². The van der Waals surface area contributed by atoms with E-state index < -0.39 is 0 Å². The van der Waals surface area contributed by atoms with Gasteiger partial charge in [-0.3, -0.25) is 4.79 Å². The van der Waals surface area contributed by atoms with Gasteiger partial charge in [0.25, 0.3) is 0 Å². The maximum atomic E-state index is 11.5. The van der Waals surface area contributed by atoms with Gasteiger partial charge in [0.15, 0.2) is 0 Å². The van der Waals surface area contributed by atoms with Crippen LogP contribution in [-0.4, -0.2) is 19.0 Å². The number of nitrogens with one attached hydrogen (secondary N) is 1. The van der Waals surface area contributed by atoms with E-state index in [4.69, 9.17) is 5.73 Å². The summed E-state index contributed by atoms with van der Waals surface area (Å²) in [7, 11) is 0. The molecule has 0 radical (unpaired) electrons. The minimum atomic E-state index is -0.0967. The van der Waals surface area contributed by atoms with Crippen LogP contribution in [0.1, 0.15) is 44.9 Å². The van der Waals surface area contributed by atoms with Crippen LogP contribution in [0.3, 0.4) is 0 Å². The van der Waals surface area contributed by atoms with E-state index in [0.717, 1.165) is 13.1 Å². The molecule has 3 heteroatoms. The first-order chi connectivity index (χ1) is 7.25. The summed E-state index contributed by atoms with van der Waals surface area (Å²) in [5, 5.41) is 3.36. The maximum Gasteiger partial charge on any atom is 0.222 e. The number of carbonyl (C=O) groups is 1. The van der Waals surface area contributed by atoms with Crippen molar-refractivity contribution < 1.29 is 4.79 Å². The van der Waals surface area contributed by atoms with E-state index in [-0.39, 0.29) is 17.2 Å².